The van der Waals surface area contributed by atoms with Crippen LogP contribution in [0.15, 0.2) is 59.4 Å². The molecule has 3 aliphatic heterocycles. The summed E-state index contributed by atoms with van der Waals surface area (Å²) >= 11 is 0. The third-order valence-corrected chi connectivity index (χ3v) is 20.4. The van der Waals surface area contributed by atoms with Crippen molar-refractivity contribution in [2.24, 2.45) is 17.8 Å². The topological polar surface area (TPSA) is 403 Å². The third-order valence-electron chi connectivity index (χ3n) is 20.4. The van der Waals surface area contributed by atoms with Crippen molar-refractivity contribution >= 4 is 69.9 Å². The minimum absolute atomic E-state index is 0.00635. The first-order valence-electron chi connectivity index (χ1n) is 38.2. The predicted molar refractivity (Wildman–Crippen MR) is 393 cm³/mol. The molecule has 7 N–H and O–H groups in total. The van der Waals surface area contributed by atoms with Gasteiger partial charge in [-0.3, -0.25) is 52.8 Å². The van der Waals surface area contributed by atoms with Crippen LogP contribution in [0.3, 0.4) is 0 Å². The van der Waals surface area contributed by atoms with Gasteiger partial charge in [-0.25, -0.2) is 14.2 Å². The van der Waals surface area contributed by atoms with Crippen LogP contribution in [0.5, 0.6) is 0 Å². The standard InChI is InChI=1S/C78H102FN9O23/c1-3-78(100)58-39-62-72-56(45-87(62)76(98)57(58)46-110-77(78)99)70-54(15-16-55-49(2)59(79)40-60(86-72)71(55)70)38-63(89)73(52-13-14-52)111-48-84-65(91)42-83-75(97)61(37-50-7-5-4-6-8-50)85-66(92)43-81-64(90)41-82-67(93)47-109-36-35-108-34-33-107-32-31-106-30-29-105-28-27-104-26-25-103-24-23-102-22-21-101-20-19-80-74(96)53-11-9-51(10-12-53)44-88-68(94)17-18-69(88)95/h4-8,17-18,39-40,51-54,61,73,100H,3,9-16,19-38,41-48H2,1-2H3,(H,80,96)(H,81,90)(H,82,93)(H,83,97)(H,84,91)(H,85,92)/t51?,53?,54-,61+,73+,78+/m1/s1. The first-order chi connectivity index (χ1) is 53.8. The molecule has 6 aliphatic rings. The lowest BCUT2D eigenvalue weighted by molar-refractivity contribution is -0.172. The Kier molecular flexibility index (Phi) is 32.5. The molecule has 33 heteroatoms. The van der Waals surface area contributed by atoms with Crippen molar-refractivity contribution in [2.45, 2.75) is 121 Å². The van der Waals surface area contributed by atoms with Crippen molar-refractivity contribution < 1.29 is 110 Å². The summed E-state index contributed by atoms with van der Waals surface area (Å²) in [5.41, 5.74) is 2.31. The zero-order valence-electron chi connectivity index (χ0n) is 63.0. The Morgan fingerprint density at radius 2 is 1.22 bits per heavy atom. The van der Waals surface area contributed by atoms with Crippen molar-refractivity contribution in [3.05, 3.63) is 110 Å². The van der Waals surface area contributed by atoms with Gasteiger partial charge in [0.1, 0.15) is 37.9 Å². The molecule has 8 amide bonds. The number of halogens is 1. The molecule has 0 bridgehead atoms. The van der Waals surface area contributed by atoms with Gasteiger partial charge in [-0.05, 0) is 111 Å². The normalized spacial score (nSPS) is 18.7. The maximum atomic E-state index is 15.6. The van der Waals surface area contributed by atoms with Gasteiger partial charge in [-0.1, -0.05) is 37.3 Å². The highest BCUT2D eigenvalue weighted by Gasteiger charge is 2.47. The maximum Gasteiger partial charge on any atom is 0.343 e. The highest BCUT2D eigenvalue weighted by atomic mass is 19.1. The van der Waals surface area contributed by atoms with Crippen LogP contribution in [-0.4, -0.2) is 249 Å². The number of aliphatic hydroxyl groups is 1. The summed E-state index contributed by atoms with van der Waals surface area (Å²) in [6.07, 6.45) is 7.16. The number of imide groups is 1. The summed E-state index contributed by atoms with van der Waals surface area (Å²) in [5.74, 6) is -5.72. The molecule has 0 saturated heterocycles. The van der Waals surface area contributed by atoms with Gasteiger partial charge in [0.15, 0.2) is 11.4 Å². The van der Waals surface area contributed by atoms with Crippen LogP contribution in [0.2, 0.25) is 0 Å². The molecule has 0 unspecified atom stereocenters. The molecule has 3 aliphatic carbocycles. The fourth-order valence-electron chi connectivity index (χ4n) is 14.2. The molecule has 32 nitrogen and oxygen atoms in total. The first-order valence-corrected chi connectivity index (χ1v) is 38.2. The number of Topliss-reactive ketones (excluding diaryl/α,β-unsaturated/α-hetero) is 1. The molecule has 111 heavy (non-hydrogen) atoms. The summed E-state index contributed by atoms with van der Waals surface area (Å²) < 4.78 is 78.0. The number of hydrogen-bond donors (Lipinski definition) is 7. The lowest BCUT2D eigenvalue weighted by Gasteiger charge is -2.31. The van der Waals surface area contributed by atoms with Gasteiger partial charge < -0.3 is 93.7 Å². The zero-order chi connectivity index (χ0) is 78.7. The number of rotatable bonds is 50. The highest BCUT2D eigenvalue weighted by molar-refractivity contribution is 6.13. The van der Waals surface area contributed by atoms with E-state index in [0.29, 0.717) is 152 Å². The molecule has 2 aromatic heterocycles. The largest absolute Gasteiger partial charge is 0.458 e. The molecule has 5 heterocycles. The number of ether oxygens (including phenoxy) is 11. The lowest BCUT2D eigenvalue weighted by Crippen LogP contribution is -2.52. The zero-order valence-corrected chi connectivity index (χ0v) is 63.0. The second-order valence-corrected chi connectivity index (χ2v) is 28.0. The van der Waals surface area contributed by atoms with Crippen LogP contribution in [0.1, 0.15) is 110 Å². The molecular weight excluding hydrogens is 1450 g/mol. The molecule has 10 rings (SSSR count). The van der Waals surface area contributed by atoms with E-state index >= 15 is 4.39 Å². The van der Waals surface area contributed by atoms with E-state index in [2.05, 4.69) is 31.9 Å². The Hall–Kier alpha value is -8.87. The number of benzene rings is 2. The van der Waals surface area contributed by atoms with Gasteiger partial charge in [-0.2, -0.15) is 0 Å². The average molecular weight is 1550 g/mol. The number of nitrogens with zero attached hydrogens (tertiary/aromatic N) is 3. The number of aromatic nitrogens is 2. The fraction of sp³-hybridized carbons (Fsp3) is 0.590. The lowest BCUT2D eigenvalue weighted by atomic mass is 9.76. The van der Waals surface area contributed by atoms with E-state index in [1.807, 2.05) is 0 Å². The molecular formula is C78H102FN9O23. The molecule has 4 atom stereocenters. The maximum absolute atomic E-state index is 15.6. The number of nitrogens with one attached hydrogen (secondary N) is 6. The van der Waals surface area contributed by atoms with Gasteiger partial charge >= 0.3 is 5.97 Å². The number of carbonyl (C=O) groups excluding carboxylic acids is 10. The summed E-state index contributed by atoms with van der Waals surface area (Å²) in [4.78, 5) is 149. The first kappa shape index (κ1) is 84.6. The van der Waals surface area contributed by atoms with Crippen molar-refractivity contribution in [2.75, 3.05) is 158 Å². The van der Waals surface area contributed by atoms with E-state index in [0.717, 1.165) is 55.0 Å². The van der Waals surface area contributed by atoms with Gasteiger partial charge in [0.25, 0.3) is 17.4 Å². The van der Waals surface area contributed by atoms with Crippen LogP contribution in [0.4, 0.5) is 4.39 Å². The summed E-state index contributed by atoms with van der Waals surface area (Å²) in [7, 11) is 0. The number of hydrogen-bond acceptors (Lipinski definition) is 24. The van der Waals surface area contributed by atoms with E-state index in [1.54, 1.807) is 50.2 Å². The Morgan fingerprint density at radius 3 is 1.82 bits per heavy atom. The minimum Gasteiger partial charge on any atom is -0.458 e. The van der Waals surface area contributed by atoms with E-state index in [4.69, 9.17) is 57.1 Å². The number of pyridine rings is 2. The number of esters is 1. The van der Waals surface area contributed by atoms with E-state index < -0.39 is 84.3 Å². The number of ketones is 1. The number of cyclic esters (lactones) is 1. The number of carbonyl (C=O) groups is 10. The number of fused-ring (bicyclic) bond motifs is 5. The van der Waals surface area contributed by atoms with Crippen molar-refractivity contribution in [1.29, 1.82) is 0 Å². The summed E-state index contributed by atoms with van der Waals surface area (Å²) in [6, 6.07) is 10.6. The highest BCUT2D eigenvalue weighted by Crippen LogP contribution is 2.48. The quantitative estimate of drug-likeness (QED) is 0.0125. The van der Waals surface area contributed by atoms with Crippen molar-refractivity contribution in [1.82, 2.24) is 46.4 Å². The molecule has 2 aromatic carbocycles. The molecule has 0 spiro atoms. The van der Waals surface area contributed by atoms with Gasteiger partial charge in [0.05, 0.1) is 161 Å². The molecule has 2 fully saturated rings. The van der Waals surface area contributed by atoms with Crippen LogP contribution < -0.4 is 37.5 Å². The smallest absolute Gasteiger partial charge is 0.343 e. The third kappa shape index (κ3) is 24.1. The van der Waals surface area contributed by atoms with E-state index in [1.165, 1.54) is 27.7 Å². The van der Waals surface area contributed by atoms with E-state index in [-0.39, 0.29) is 124 Å². The Balaban J connectivity index is 0.514. The predicted octanol–water partition coefficient (Wildman–Crippen LogP) is 1.46. The van der Waals surface area contributed by atoms with Crippen molar-refractivity contribution in [3.63, 3.8) is 0 Å². The number of aryl methyl sites for hydroxylation is 1. The van der Waals surface area contributed by atoms with Crippen LogP contribution in [0, 0.1) is 30.5 Å². The molecule has 604 valence electrons. The second-order valence-electron chi connectivity index (χ2n) is 28.0. The van der Waals surface area contributed by atoms with Gasteiger partial charge in [0.2, 0.25) is 35.4 Å². The Morgan fingerprint density at radius 1 is 0.649 bits per heavy atom. The average Bonchev–Trinajstić information content (AvgIpc) is 1.56. The summed E-state index contributed by atoms with van der Waals surface area (Å²) in [5, 5.41) is 27.7. The monoisotopic (exact) mass is 1550 g/mol. The Labute approximate surface area is 641 Å². The number of amides is 8. The van der Waals surface area contributed by atoms with Gasteiger partial charge in [-0.15, -0.1) is 0 Å². The fourth-order valence-corrected chi connectivity index (χ4v) is 14.2. The van der Waals surface area contributed by atoms with Crippen LogP contribution >= 0.6 is 0 Å². The van der Waals surface area contributed by atoms with Crippen LogP contribution in [0.25, 0.3) is 22.3 Å². The van der Waals surface area contributed by atoms with Gasteiger partial charge in [0, 0.05) is 66.6 Å². The molecule has 0 radical (unpaired) electrons. The molecule has 4 aromatic rings. The Bertz CT molecular complexity index is 4000. The SMILES string of the molecule is CC[C@@]1(O)C(=O)OCc2c1cc1n(c2=O)Cc2c-1nc1cc(F)c(C)c3c1c2[C@@H](CC(=O)[C@@H](OCNC(=O)CNC(=O)[C@H](Cc1ccccc1)NC(=O)CNC(=O)CNC(=O)COCCOCCOCCOCCOCCOCCOCCOCCOCCNC(=O)C1CCC(CN2C(=O)C=CC2=O)CC1)C1CC1)CC3. The van der Waals surface area contributed by atoms with Crippen molar-refractivity contribution in [3.8, 4) is 11.4 Å². The minimum atomic E-state index is -2.05. The summed E-state index contributed by atoms with van der Waals surface area (Å²) in [6.45, 7) is 7.67. The van der Waals surface area contributed by atoms with E-state index in [9.17, 15) is 57.8 Å². The second kappa shape index (κ2) is 42.7. The molecule has 2 saturated carbocycles. The van der Waals surface area contributed by atoms with Crippen LogP contribution in [-0.2, 0) is 132 Å².